The molecule has 1 heterocycles. The fourth-order valence-electron chi connectivity index (χ4n) is 3.46. The van der Waals surface area contributed by atoms with Crippen LogP contribution in [0.4, 0.5) is 5.69 Å². The van der Waals surface area contributed by atoms with Crippen LogP contribution in [0.2, 0.25) is 0 Å². The molecule has 2 atom stereocenters. The van der Waals surface area contributed by atoms with Gasteiger partial charge in [-0.25, -0.2) is 0 Å². The van der Waals surface area contributed by atoms with Crippen LogP contribution in [0.5, 0.6) is 5.75 Å². The predicted octanol–water partition coefficient (Wildman–Crippen LogP) is 4.84. The molecule has 0 aliphatic carbocycles. The Balaban J connectivity index is 1.66. The molecule has 7 heteroatoms. The second kappa shape index (κ2) is 9.10. The van der Waals surface area contributed by atoms with Gasteiger partial charge in [-0.3, -0.25) is 14.9 Å². The van der Waals surface area contributed by atoms with Gasteiger partial charge in [0, 0.05) is 23.6 Å². The summed E-state index contributed by atoms with van der Waals surface area (Å²) in [4.78, 5) is 26.2. The normalized spacial score (nSPS) is 17.4. The molecule has 1 saturated heterocycles. The lowest BCUT2D eigenvalue weighted by atomic mass is 10.0. The van der Waals surface area contributed by atoms with E-state index in [1.165, 1.54) is 23.9 Å². The highest BCUT2D eigenvalue weighted by Crippen LogP contribution is 2.35. The third-order valence-electron chi connectivity index (χ3n) is 4.82. The van der Waals surface area contributed by atoms with Gasteiger partial charge in [-0.1, -0.05) is 12.1 Å². The highest BCUT2D eigenvalue weighted by atomic mass is 32.2. The van der Waals surface area contributed by atoms with E-state index in [-0.39, 0.29) is 22.9 Å². The number of amides is 1. The number of benzene rings is 2. The van der Waals surface area contributed by atoms with Crippen molar-refractivity contribution in [3.63, 3.8) is 0 Å². The summed E-state index contributed by atoms with van der Waals surface area (Å²) in [5.74, 6) is 0.934. The molecular weight excluding hydrogens is 376 g/mol. The van der Waals surface area contributed by atoms with Gasteiger partial charge in [0.25, 0.3) is 5.69 Å². The summed E-state index contributed by atoms with van der Waals surface area (Å²) in [6, 6.07) is 14.4. The molecular formula is C21H24N2O4S. The summed E-state index contributed by atoms with van der Waals surface area (Å²) in [5.41, 5.74) is 1.18. The summed E-state index contributed by atoms with van der Waals surface area (Å²) < 4.78 is 5.50. The molecule has 0 spiro atoms. The SMILES string of the molecule is CCOc1ccc(C2CCCN2C(=O)C(C)Sc2ccc([N+](=O)[O-])cc2)cc1. The molecule has 2 aromatic rings. The van der Waals surface area contributed by atoms with Crippen molar-refractivity contribution in [2.75, 3.05) is 13.2 Å². The molecule has 1 aliphatic rings. The Morgan fingerprint density at radius 1 is 1.25 bits per heavy atom. The van der Waals surface area contributed by atoms with E-state index in [4.69, 9.17) is 4.74 Å². The van der Waals surface area contributed by atoms with E-state index in [0.29, 0.717) is 6.61 Å². The minimum Gasteiger partial charge on any atom is -0.494 e. The smallest absolute Gasteiger partial charge is 0.269 e. The van der Waals surface area contributed by atoms with E-state index in [2.05, 4.69) is 0 Å². The van der Waals surface area contributed by atoms with Crippen molar-refractivity contribution in [3.8, 4) is 5.75 Å². The first-order valence-corrected chi connectivity index (χ1v) is 10.3. The van der Waals surface area contributed by atoms with Gasteiger partial charge in [-0.05, 0) is 56.5 Å². The zero-order chi connectivity index (χ0) is 20.1. The summed E-state index contributed by atoms with van der Waals surface area (Å²) in [6.45, 7) is 5.23. The first-order valence-electron chi connectivity index (χ1n) is 9.44. The molecule has 1 fully saturated rings. The van der Waals surface area contributed by atoms with Gasteiger partial charge in [0.2, 0.25) is 5.91 Å². The van der Waals surface area contributed by atoms with Crippen LogP contribution in [-0.2, 0) is 4.79 Å². The Labute approximate surface area is 169 Å². The largest absolute Gasteiger partial charge is 0.494 e. The maximum absolute atomic E-state index is 13.1. The third-order valence-corrected chi connectivity index (χ3v) is 5.92. The standard InChI is InChI=1S/C21H24N2O4S/c1-3-27-18-10-6-16(7-11-18)20-5-4-14-22(20)21(24)15(2)28-19-12-8-17(9-13-19)23(25)26/h6-13,15,20H,3-5,14H2,1-2H3. The number of nitro groups is 1. The van der Waals surface area contributed by atoms with Crippen LogP contribution >= 0.6 is 11.8 Å². The molecule has 0 aromatic heterocycles. The number of likely N-dealkylation sites (tertiary alicyclic amines) is 1. The number of nitrogens with zero attached hydrogens (tertiary/aromatic N) is 2. The lowest BCUT2D eigenvalue weighted by Crippen LogP contribution is -2.36. The minimum atomic E-state index is -0.422. The van der Waals surface area contributed by atoms with Crippen LogP contribution in [0.3, 0.4) is 0 Å². The first-order chi connectivity index (χ1) is 13.5. The molecule has 6 nitrogen and oxygen atoms in total. The van der Waals surface area contributed by atoms with Gasteiger partial charge in [0.05, 0.1) is 22.8 Å². The lowest BCUT2D eigenvalue weighted by Gasteiger charge is -2.28. The molecule has 0 radical (unpaired) electrons. The third kappa shape index (κ3) is 4.65. The van der Waals surface area contributed by atoms with Gasteiger partial charge in [0.15, 0.2) is 0 Å². The monoisotopic (exact) mass is 400 g/mol. The fourth-order valence-corrected chi connectivity index (χ4v) is 4.40. The van der Waals surface area contributed by atoms with E-state index in [1.807, 2.05) is 43.0 Å². The maximum Gasteiger partial charge on any atom is 0.269 e. The number of hydrogen-bond donors (Lipinski definition) is 0. The van der Waals surface area contributed by atoms with Crippen molar-refractivity contribution in [1.82, 2.24) is 4.90 Å². The average Bonchev–Trinajstić information content (AvgIpc) is 3.18. The predicted molar refractivity (Wildman–Crippen MR) is 110 cm³/mol. The van der Waals surface area contributed by atoms with Gasteiger partial charge in [-0.2, -0.15) is 0 Å². The van der Waals surface area contributed by atoms with Gasteiger partial charge in [-0.15, -0.1) is 11.8 Å². The van der Waals surface area contributed by atoms with Crippen molar-refractivity contribution in [3.05, 3.63) is 64.2 Å². The van der Waals surface area contributed by atoms with E-state index in [1.54, 1.807) is 12.1 Å². The Kier molecular flexibility index (Phi) is 6.57. The van der Waals surface area contributed by atoms with Crippen LogP contribution in [0.15, 0.2) is 53.4 Å². The van der Waals surface area contributed by atoms with E-state index in [0.717, 1.165) is 35.6 Å². The number of thioether (sulfide) groups is 1. The average molecular weight is 401 g/mol. The molecule has 1 aliphatic heterocycles. The molecule has 3 rings (SSSR count). The number of ether oxygens (including phenoxy) is 1. The quantitative estimate of drug-likeness (QED) is 0.378. The highest BCUT2D eigenvalue weighted by Gasteiger charge is 2.32. The van der Waals surface area contributed by atoms with Crippen molar-refractivity contribution in [2.45, 2.75) is 42.9 Å². The molecule has 0 saturated carbocycles. The molecule has 2 unspecified atom stereocenters. The van der Waals surface area contributed by atoms with Gasteiger partial charge in [0.1, 0.15) is 5.75 Å². The Morgan fingerprint density at radius 2 is 1.93 bits per heavy atom. The fraction of sp³-hybridized carbons (Fsp3) is 0.381. The first kappa shape index (κ1) is 20.2. The van der Waals surface area contributed by atoms with Crippen molar-refractivity contribution in [2.24, 2.45) is 0 Å². The van der Waals surface area contributed by atoms with E-state index >= 15 is 0 Å². The van der Waals surface area contributed by atoms with E-state index < -0.39 is 4.92 Å². The van der Waals surface area contributed by atoms with Crippen LogP contribution in [0.25, 0.3) is 0 Å². The Bertz CT molecular complexity index is 823. The van der Waals surface area contributed by atoms with Gasteiger partial charge < -0.3 is 9.64 Å². The summed E-state index contributed by atoms with van der Waals surface area (Å²) in [6.07, 6.45) is 1.94. The zero-order valence-corrected chi connectivity index (χ0v) is 16.9. The van der Waals surface area contributed by atoms with Crippen molar-refractivity contribution in [1.29, 1.82) is 0 Å². The highest BCUT2D eigenvalue weighted by molar-refractivity contribution is 8.00. The molecule has 2 aromatic carbocycles. The number of rotatable bonds is 7. The molecule has 148 valence electrons. The van der Waals surface area contributed by atoms with Crippen LogP contribution in [0.1, 0.15) is 38.3 Å². The number of carbonyl (C=O) groups excluding carboxylic acids is 1. The number of hydrogen-bond acceptors (Lipinski definition) is 5. The second-order valence-electron chi connectivity index (χ2n) is 6.70. The topological polar surface area (TPSA) is 72.7 Å². The number of carbonyl (C=O) groups is 1. The Morgan fingerprint density at radius 3 is 2.54 bits per heavy atom. The van der Waals surface area contributed by atoms with Crippen LogP contribution < -0.4 is 4.74 Å². The Hall–Kier alpha value is -2.54. The van der Waals surface area contributed by atoms with Gasteiger partial charge >= 0.3 is 0 Å². The van der Waals surface area contributed by atoms with E-state index in [9.17, 15) is 14.9 Å². The maximum atomic E-state index is 13.1. The van der Waals surface area contributed by atoms with Crippen molar-refractivity contribution >= 4 is 23.4 Å². The molecule has 0 bridgehead atoms. The number of nitro benzene ring substituents is 1. The number of non-ortho nitro benzene ring substituents is 1. The molecule has 1 amide bonds. The molecule has 0 N–H and O–H groups in total. The lowest BCUT2D eigenvalue weighted by molar-refractivity contribution is -0.384. The zero-order valence-electron chi connectivity index (χ0n) is 16.0. The van der Waals surface area contributed by atoms with Crippen molar-refractivity contribution < 1.29 is 14.5 Å². The summed E-state index contributed by atoms with van der Waals surface area (Å²) in [5, 5.41) is 10.5. The summed E-state index contributed by atoms with van der Waals surface area (Å²) in [7, 11) is 0. The minimum absolute atomic E-state index is 0.0541. The second-order valence-corrected chi connectivity index (χ2v) is 8.12. The molecule has 28 heavy (non-hydrogen) atoms. The summed E-state index contributed by atoms with van der Waals surface area (Å²) >= 11 is 1.43. The van der Waals surface area contributed by atoms with Crippen LogP contribution in [-0.4, -0.2) is 34.1 Å². The van der Waals surface area contributed by atoms with Crippen LogP contribution in [0, 0.1) is 10.1 Å².